The highest BCUT2D eigenvalue weighted by molar-refractivity contribution is 5.98. The maximum absolute atomic E-state index is 12.1. The number of ether oxygens (including phenoxy) is 3. The van der Waals surface area contributed by atoms with Gasteiger partial charge in [0.15, 0.2) is 11.5 Å². The van der Waals surface area contributed by atoms with E-state index < -0.39 is 11.8 Å². The predicted molar refractivity (Wildman–Crippen MR) is 99.3 cm³/mol. The standard InChI is InChI=1S/C20H18N2O5/c1-2-11-25-16-7-3-14(4-8-16)5-10-19(23)21-22-20(24)15-6-9-17-18(12-15)27-13-26-17/h2-10,12H,1,11,13H2,(H,21,23)(H,22,24)/b10-5+. The summed E-state index contributed by atoms with van der Waals surface area (Å²) in [7, 11) is 0. The molecule has 7 nitrogen and oxygen atoms in total. The number of fused-ring (bicyclic) bond motifs is 1. The van der Waals surface area contributed by atoms with Crippen LogP contribution in [-0.2, 0) is 4.79 Å². The summed E-state index contributed by atoms with van der Waals surface area (Å²) < 4.78 is 15.8. The molecule has 138 valence electrons. The second-order valence-corrected chi connectivity index (χ2v) is 5.51. The number of hydrazine groups is 1. The third kappa shape index (κ3) is 4.88. The van der Waals surface area contributed by atoms with Gasteiger partial charge < -0.3 is 14.2 Å². The molecule has 7 heteroatoms. The lowest BCUT2D eigenvalue weighted by atomic mass is 10.2. The summed E-state index contributed by atoms with van der Waals surface area (Å²) in [5.74, 6) is 0.871. The number of benzene rings is 2. The summed E-state index contributed by atoms with van der Waals surface area (Å²) in [5.41, 5.74) is 5.83. The Morgan fingerprint density at radius 2 is 1.85 bits per heavy atom. The molecule has 0 unspecified atom stereocenters. The Balaban J connectivity index is 1.49. The van der Waals surface area contributed by atoms with Crippen LogP contribution in [0.1, 0.15) is 15.9 Å². The molecule has 0 aliphatic carbocycles. The Morgan fingerprint density at radius 3 is 2.63 bits per heavy atom. The molecule has 2 aromatic carbocycles. The van der Waals surface area contributed by atoms with Gasteiger partial charge in [-0.1, -0.05) is 24.8 Å². The van der Waals surface area contributed by atoms with Gasteiger partial charge in [-0.2, -0.15) is 0 Å². The summed E-state index contributed by atoms with van der Waals surface area (Å²) in [5, 5.41) is 0. The number of carbonyl (C=O) groups is 2. The van der Waals surface area contributed by atoms with Crippen molar-refractivity contribution < 1.29 is 23.8 Å². The molecule has 0 aromatic heterocycles. The van der Waals surface area contributed by atoms with Crippen molar-refractivity contribution >= 4 is 17.9 Å². The van der Waals surface area contributed by atoms with Gasteiger partial charge in [0.2, 0.25) is 6.79 Å². The van der Waals surface area contributed by atoms with E-state index in [2.05, 4.69) is 17.4 Å². The summed E-state index contributed by atoms with van der Waals surface area (Å²) in [6.07, 6.45) is 4.61. The fraction of sp³-hybridized carbons (Fsp3) is 0.100. The maximum atomic E-state index is 12.1. The quantitative estimate of drug-likeness (QED) is 0.466. The number of hydrogen-bond donors (Lipinski definition) is 2. The van der Waals surface area contributed by atoms with E-state index in [0.717, 1.165) is 5.56 Å². The van der Waals surface area contributed by atoms with Crippen LogP contribution in [0.15, 0.2) is 61.2 Å². The maximum Gasteiger partial charge on any atom is 0.269 e. The summed E-state index contributed by atoms with van der Waals surface area (Å²) in [6, 6.07) is 12.0. The number of hydrogen-bond acceptors (Lipinski definition) is 5. The van der Waals surface area contributed by atoms with Crippen molar-refractivity contribution in [1.82, 2.24) is 10.9 Å². The first-order valence-corrected chi connectivity index (χ1v) is 8.17. The zero-order chi connectivity index (χ0) is 19.1. The van der Waals surface area contributed by atoms with Crippen molar-refractivity contribution in [2.75, 3.05) is 13.4 Å². The number of nitrogens with one attached hydrogen (secondary N) is 2. The molecule has 1 heterocycles. The molecule has 0 saturated heterocycles. The number of carbonyl (C=O) groups excluding carboxylic acids is 2. The van der Waals surface area contributed by atoms with Gasteiger partial charge in [-0.25, -0.2) is 0 Å². The highest BCUT2D eigenvalue weighted by Gasteiger charge is 2.16. The van der Waals surface area contributed by atoms with E-state index in [1.54, 1.807) is 42.5 Å². The minimum atomic E-state index is -0.462. The Labute approximate surface area is 156 Å². The van der Waals surface area contributed by atoms with Gasteiger partial charge in [-0.05, 0) is 42.0 Å². The van der Waals surface area contributed by atoms with Crippen molar-refractivity contribution in [3.63, 3.8) is 0 Å². The molecule has 0 spiro atoms. The van der Waals surface area contributed by atoms with Gasteiger partial charge in [-0.3, -0.25) is 20.4 Å². The van der Waals surface area contributed by atoms with Gasteiger partial charge in [-0.15, -0.1) is 0 Å². The first-order chi connectivity index (χ1) is 13.2. The SMILES string of the molecule is C=CCOc1ccc(/C=C/C(=O)NNC(=O)c2ccc3c(c2)OCO3)cc1. The minimum Gasteiger partial charge on any atom is -0.490 e. The zero-order valence-electron chi connectivity index (χ0n) is 14.4. The molecule has 0 radical (unpaired) electrons. The average Bonchev–Trinajstić information content (AvgIpc) is 3.17. The monoisotopic (exact) mass is 366 g/mol. The first-order valence-electron chi connectivity index (χ1n) is 8.17. The third-order valence-electron chi connectivity index (χ3n) is 3.61. The fourth-order valence-electron chi connectivity index (χ4n) is 2.27. The molecule has 2 amide bonds. The lowest BCUT2D eigenvalue weighted by Crippen LogP contribution is -2.40. The van der Waals surface area contributed by atoms with Crippen LogP contribution in [0.3, 0.4) is 0 Å². The van der Waals surface area contributed by atoms with Crippen LogP contribution in [0.25, 0.3) is 6.08 Å². The molecule has 2 N–H and O–H groups in total. The van der Waals surface area contributed by atoms with E-state index in [4.69, 9.17) is 14.2 Å². The Kier molecular flexibility index (Phi) is 5.73. The second kappa shape index (κ2) is 8.57. The minimum absolute atomic E-state index is 0.128. The van der Waals surface area contributed by atoms with E-state index >= 15 is 0 Å². The predicted octanol–water partition coefficient (Wildman–Crippen LogP) is 2.45. The zero-order valence-corrected chi connectivity index (χ0v) is 14.4. The molecule has 0 bridgehead atoms. The molecule has 2 aromatic rings. The van der Waals surface area contributed by atoms with Crippen molar-refractivity contribution in [3.05, 3.63) is 72.3 Å². The van der Waals surface area contributed by atoms with Gasteiger partial charge in [0.1, 0.15) is 12.4 Å². The molecular formula is C20H18N2O5. The molecule has 0 saturated carbocycles. The molecule has 1 aliphatic rings. The molecule has 1 aliphatic heterocycles. The molecule has 27 heavy (non-hydrogen) atoms. The lowest BCUT2D eigenvalue weighted by molar-refractivity contribution is -0.117. The van der Waals surface area contributed by atoms with E-state index in [9.17, 15) is 9.59 Å². The van der Waals surface area contributed by atoms with Crippen LogP contribution in [0.4, 0.5) is 0 Å². The van der Waals surface area contributed by atoms with Crippen LogP contribution in [0.2, 0.25) is 0 Å². The fourth-order valence-corrected chi connectivity index (χ4v) is 2.27. The highest BCUT2D eigenvalue weighted by Crippen LogP contribution is 2.32. The van der Waals surface area contributed by atoms with Crippen molar-refractivity contribution in [3.8, 4) is 17.2 Å². The Morgan fingerprint density at radius 1 is 1.07 bits per heavy atom. The van der Waals surface area contributed by atoms with Crippen LogP contribution < -0.4 is 25.1 Å². The first kappa shape index (κ1) is 18.1. The molecule has 0 atom stereocenters. The van der Waals surface area contributed by atoms with Gasteiger partial charge in [0.25, 0.3) is 11.8 Å². The van der Waals surface area contributed by atoms with Gasteiger partial charge in [0, 0.05) is 11.6 Å². The van der Waals surface area contributed by atoms with Crippen LogP contribution in [0, 0.1) is 0 Å². The normalized spacial score (nSPS) is 11.9. The number of rotatable bonds is 6. The Hall–Kier alpha value is -3.74. The van der Waals surface area contributed by atoms with Crippen molar-refractivity contribution in [2.45, 2.75) is 0 Å². The van der Waals surface area contributed by atoms with Crippen molar-refractivity contribution in [1.29, 1.82) is 0 Å². The lowest BCUT2D eigenvalue weighted by Gasteiger charge is -2.06. The topological polar surface area (TPSA) is 85.9 Å². The Bertz CT molecular complexity index is 874. The van der Waals surface area contributed by atoms with Gasteiger partial charge in [0.05, 0.1) is 0 Å². The van der Waals surface area contributed by atoms with Gasteiger partial charge >= 0.3 is 0 Å². The largest absolute Gasteiger partial charge is 0.490 e. The van der Waals surface area contributed by atoms with E-state index in [1.807, 2.05) is 12.1 Å². The van der Waals surface area contributed by atoms with Crippen LogP contribution in [-0.4, -0.2) is 25.2 Å². The highest BCUT2D eigenvalue weighted by atomic mass is 16.7. The second-order valence-electron chi connectivity index (χ2n) is 5.51. The molecular weight excluding hydrogens is 348 g/mol. The van der Waals surface area contributed by atoms with Crippen LogP contribution >= 0.6 is 0 Å². The smallest absolute Gasteiger partial charge is 0.269 e. The molecule has 3 rings (SSSR count). The third-order valence-corrected chi connectivity index (χ3v) is 3.61. The van der Waals surface area contributed by atoms with Crippen LogP contribution in [0.5, 0.6) is 17.2 Å². The average molecular weight is 366 g/mol. The number of amides is 2. The van der Waals surface area contributed by atoms with E-state index in [-0.39, 0.29) is 6.79 Å². The van der Waals surface area contributed by atoms with Crippen molar-refractivity contribution in [2.24, 2.45) is 0 Å². The summed E-state index contributed by atoms with van der Waals surface area (Å²) in [4.78, 5) is 23.9. The summed E-state index contributed by atoms with van der Waals surface area (Å²) in [6.45, 7) is 4.14. The van der Waals surface area contributed by atoms with E-state index in [0.29, 0.717) is 29.4 Å². The summed E-state index contributed by atoms with van der Waals surface area (Å²) >= 11 is 0. The molecule has 0 fully saturated rings. The van der Waals surface area contributed by atoms with E-state index in [1.165, 1.54) is 6.08 Å².